The lowest BCUT2D eigenvalue weighted by Crippen LogP contribution is -2.16. The molecule has 0 aliphatic rings. The van der Waals surface area contributed by atoms with Gasteiger partial charge in [0, 0.05) is 16.1 Å². The lowest BCUT2D eigenvalue weighted by atomic mass is 10.0. The molecule has 0 unspecified atom stereocenters. The molecule has 0 amide bonds. The van der Waals surface area contributed by atoms with E-state index in [-0.39, 0.29) is 21.9 Å². The number of halogens is 1. The average molecular weight is 372 g/mol. The second-order valence-electron chi connectivity index (χ2n) is 5.30. The highest BCUT2D eigenvalue weighted by Crippen LogP contribution is 2.26. The number of rotatable bonds is 5. The van der Waals surface area contributed by atoms with E-state index in [1.165, 1.54) is 24.3 Å². The maximum absolute atomic E-state index is 12.7. The van der Waals surface area contributed by atoms with Gasteiger partial charge in [-0.2, -0.15) is 0 Å². The number of hydrogen-bond acceptors (Lipinski definition) is 3. The van der Waals surface area contributed by atoms with Crippen molar-refractivity contribution >= 4 is 33.1 Å². The molecular weight excluding hydrogens is 358 g/mol. The monoisotopic (exact) mass is 371 g/mol. The van der Waals surface area contributed by atoms with Crippen LogP contribution in [0.2, 0.25) is 5.02 Å². The Morgan fingerprint density at radius 3 is 2.08 bits per heavy atom. The second kappa shape index (κ2) is 7.09. The minimum absolute atomic E-state index is 0.105. The first kappa shape index (κ1) is 17.2. The Kier molecular flexibility index (Phi) is 4.88. The van der Waals surface area contributed by atoms with E-state index in [1.807, 2.05) is 0 Å². The molecular formula is C19H14ClNO3S. The Hall–Kier alpha value is -2.63. The van der Waals surface area contributed by atoms with Crippen molar-refractivity contribution in [2.45, 2.75) is 4.90 Å². The standard InChI is InChI=1S/C19H14ClNO3S/c20-15-11-12-17(19(22)14-7-3-1-4-8-14)18(13-15)21-25(23,24)16-9-5-2-6-10-16/h1-13,21H. The number of carbonyl (C=O) groups is 1. The molecule has 0 aliphatic heterocycles. The fraction of sp³-hybridized carbons (Fsp3) is 0. The van der Waals surface area contributed by atoms with Crippen molar-refractivity contribution < 1.29 is 13.2 Å². The maximum Gasteiger partial charge on any atom is 0.261 e. The van der Waals surface area contributed by atoms with Crippen molar-refractivity contribution in [3.05, 3.63) is 95.0 Å². The van der Waals surface area contributed by atoms with E-state index in [0.29, 0.717) is 10.6 Å². The highest BCUT2D eigenvalue weighted by Gasteiger charge is 2.19. The number of ketones is 1. The third-order valence-electron chi connectivity index (χ3n) is 3.56. The van der Waals surface area contributed by atoms with E-state index >= 15 is 0 Å². The van der Waals surface area contributed by atoms with E-state index in [0.717, 1.165) is 0 Å². The number of sulfonamides is 1. The Morgan fingerprint density at radius 1 is 0.840 bits per heavy atom. The van der Waals surface area contributed by atoms with Crippen LogP contribution in [-0.2, 0) is 10.0 Å². The van der Waals surface area contributed by atoms with Gasteiger partial charge >= 0.3 is 0 Å². The molecule has 4 nitrogen and oxygen atoms in total. The topological polar surface area (TPSA) is 63.2 Å². The Bertz CT molecular complexity index is 1000. The van der Waals surface area contributed by atoms with E-state index < -0.39 is 10.0 Å². The summed E-state index contributed by atoms with van der Waals surface area (Å²) >= 11 is 6.00. The van der Waals surface area contributed by atoms with Gasteiger partial charge in [-0.25, -0.2) is 8.42 Å². The molecule has 6 heteroatoms. The molecule has 0 spiro atoms. The lowest BCUT2D eigenvalue weighted by molar-refractivity contribution is 0.103. The Balaban J connectivity index is 2.02. The zero-order valence-corrected chi connectivity index (χ0v) is 14.6. The third kappa shape index (κ3) is 3.90. The molecule has 0 bridgehead atoms. The zero-order chi connectivity index (χ0) is 17.9. The first-order chi connectivity index (χ1) is 12.0. The summed E-state index contributed by atoms with van der Waals surface area (Å²) in [6.45, 7) is 0. The molecule has 25 heavy (non-hydrogen) atoms. The number of benzene rings is 3. The molecule has 0 saturated heterocycles. The Morgan fingerprint density at radius 2 is 1.44 bits per heavy atom. The number of hydrogen-bond donors (Lipinski definition) is 1. The van der Waals surface area contributed by atoms with Crippen LogP contribution in [0.3, 0.4) is 0 Å². The van der Waals surface area contributed by atoms with Gasteiger partial charge < -0.3 is 0 Å². The van der Waals surface area contributed by atoms with Crippen molar-refractivity contribution in [3.8, 4) is 0 Å². The van der Waals surface area contributed by atoms with Gasteiger partial charge in [-0.3, -0.25) is 9.52 Å². The van der Waals surface area contributed by atoms with E-state index in [9.17, 15) is 13.2 Å². The summed E-state index contributed by atoms with van der Waals surface area (Å²) < 4.78 is 27.6. The molecule has 0 radical (unpaired) electrons. The highest BCUT2D eigenvalue weighted by molar-refractivity contribution is 7.92. The van der Waals surface area contributed by atoms with Crippen molar-refractivity contribution in [1.82, 2.24) is 0 Å². The molecule has 126 valence electrons. The maximum atomic E-state index is 12.7. The van der Waals surface area contributed by atoms with Gasteiger partial charge in [-0.1, -0.05) is 60.1 Å². The lowest BCUT2D eigenvalue weighted by Gasteiger charge is -2.13. The molecule has 0 fully saturated rings. The van der Waals surface area contributed by atoms with Crippen molar-refractivity contribution in [3.63, 3.8) is 0 Å². The van der Waals surface area contributed by atoms with E-state index in [1.54, 1.807) is 54.6 Å². The van der Waals surface area contributed by atoms with Crippen LogP contribution in [0, 0.1) is 0 Å². The van der Waals surface area contributed by atoms with Gasteiger partial charge in [0.05, 0.1) is 10.6 Å². The predicted molar refractivity (Wildman–Crippen MR) is 98.6 cm³/mol. The first-order valence-corrected chi connectivity index (χ1v) is 9.31. The van der Waals surface area contributed by atoms with Crippen molar-refractivity contribution in [1.29, 1.82) is 0 Å². The smallest absolute Gasteiger partial charge is 0.261 e. The number of nitrogens with one attached hydrogen (secondary N) is 1. The van der Waals surface area contributed by atoms with Crippen LogP contribution < -0.4 is 4.72 Å². The minimum Gasteiger partial charge on any atom is -0.289 e. The average Bonchev–Trinajstić information content (AvgIpc) is 2.62. The summed E-state index contributed by atoms with van der Waals surface area (Å²) in [5, 5.41) is 0.329. The summed E-state index contributed by atoms with van der Waals surface area (Å²) in [5.41, 5.74) is 0.838. The second-order valence-corrected chi connectivity index (χ2v) is 7.42. The normalized spacial score (nSPS) is 11.1. The van der Waals surface area contributed by atoms with Gasteiger partial charge in [-0.15, -0.1) is 0 Å². The molecule has 0 aromatic heterocycles. The van der Waals surface area contributed by atoms with Gasteiger partial charge in [0.25, 0.3) is 10.0 Å². The summed E-state index contributed by atoms with van der Waals surface area (Å²) in [6.07, 6.45) is 0. The molecule has 0 aliphatic carbocycles. The molecule has 0 heterocycles. The molecule has 0 atom stereocenters. The van der Waals surface area contributed by atoms with Crippen molar-refractivity contribution in [2.75, 3.05) is 4.72 Å². The molecule has 1 N–H and O–H groups in total. The zero-order valence-electron chi connectivity index (χ0n) is 13.0. The quantitative estimate of drug-likeness (QED) is 0.677. The fourth-order valence-corrected chi connectivity index (χ4v) is 3.61. The predicted octanol–water partition coefficient (Wildman–Crippen LogP) is 4.37. The van der Waals surface area contributed by atoms with Crippen LogP contribution >= 0.6 is 11.6 Å². The van der Waals surface area contributed by atoms with Gasteiger partial charge in [0.1, 0.15) is 0 Å². The fourth-order valence-electron chi connectivity index (χ4n) is 2.35. The van der Waals surface area contributed by atoms with Crippen LogP contribution in [0.5, 0.6) is 0 Å². The number of anilines is 1. The molecule has 3 rings (SSSR count). The molecule has 3 aromatic carbocycles. The van der Waals surface area contributed by atoms with Crippen LogP contribution in [0.25, 0.3) is 0 Å². The summed E-state index contributed by atoms with van der Waals surface area (Å²) in [5.74, 6) is -0.289. The SMILES string of the molecule is O=C(c1ccccc1)c1ccc(Cl)cc1NS(=O)(=O)c1ccccc1. The van der Waals surface area contributed by atoms with Crippen molar-refractivity contribution in [2.24, 2.45) is 0 Å². The van der Waals surface area contributed by atoms with Crippen LogP contribution in [0.4, 0.5) is 5.69 Å². The highest BCUT2D eigenvalue weighted by atomic mass is 35.5. The van der Waals surface area contributed by atoms with Crippen LogP contribution in [-0.4, -0.2) is 14.2 Å². The van der Waals surface area contributed by atoms with Gasteiger partial charge in [-0.05, 0) is 30.3 Å². The minimum atomic E-state index is -3.83. The van der Waals surface area contributed by atoms with Gasteiger partial charge in [0.2, 0.25) is 0 Å². The molecule has 0 saturated carbocycles. The summed E-state index contributed by atoms with van der Waals surface area (Å²) in [6, 6.07) is 21.1. The summed E-state index contributed by atoms with van der Waals surface area (Å²) in [7, 11) is -3.83. The summed E-state index contributed by atoms with van der Waals surface area (Å²) in [4.78, 5) is 12.8. The van der Waals surface area contributed by atoms with E-state index in [4.69, 9.17) is 11.6 Å². The third-order valence-corrected chi connectivity index (χ3v) is 5.18. The van der Waals surface area contributed by atoms with Crippen LogP contribution in [0.15, 0.2) is 83.8 Å². The number of carbonyl (C=O) groups excluding carboxylic acids is 1. The van der Waals surface area contributed by atoms with E-state index in [2.05, 4.69) is 4.72 Å². The largest absolute Gasteiger partial charge is 0.289 e. The van der Waals surface area contributed by atoms with Crippen LogP contribution in [0.1, 0.15) is 15.9 Å². The van der Waals surface area contributed by atoms with Gasteiger partial charge in [0.15, 0.2) is 5.78 Å². The molecule has 3 aromatic rings. The first-order valence-electron chi connectivity index (χ1n) is 7.44. The Labute approximate surface area is 151 Å².